The molecule has 0 fully saturated rings. The van der Waals surface area contributed by atoms with Crippen LogP contribution in [0.2, 0.25) is 0 Å². The molecule has 0 radical (unpaired) electrons. The summed E-state index contributed by atoms with van der Waals surface area (Å²) in [5.74, 6) is -0.506. The van der Waals surface area contributed by atoms with Crippen LogP contribution in [0, 0.1) is 5.92 Å². The summed E-state index contributed by atoms with van der Waals surface area (Å²) < 4.78 is 5.10. The van der Waals surface area contributed by atoms with E-state index in [-0.39, 0.29) is 12.3 Å². The third-order valence-corrected chi connectivity index (χ3v) is 2.83. The molecular formula is C14H21NO4. The van der Waals surface area contributed by atoms with Gasteiger partial charge in [0.25, 0.3) is 0 Å². The summed E-state index contributed by atoms with van der Waals surface area (Å²) in [5.41, 5.74) is 0. The SMILES string of the molecule is O=C(O)CCCCCNC(=O)OCC1C=CC=CC1. The first-order chi connectivity index (χ1) is 9.18. The van der Waals surface area contributed by atoms with E-state index in [0.29, 0.717) is 19.6 Å². The summed E-state index contributed by atoms with van der Waals surface area (Å²) in [6.07, 6.45) is 10.9. The Balaban J connectivity index is 1.94. The molecule has 106 valence electrons. The Morgan fingerprint density at radius 3 is 2.79 bits per heavy atom. The van der Waals surface area contributed by atoms with Crippen molar-refractivity contribution in [2.24, 2.45) is 5.92 Å². The van der Waals surface area contributed by atoms with E-state index in [2.05, 4.69) is 5.32 Å². The Bertz CT molecular complexity index is 349. The van der Waals surface area contributed by atoms with Crippen LogP contribution in [0.5, 0.6) is 0 Å². The number of nitrogens with one attached hydrogen (secondary N) is 1. The number of rotatable bonds is 8. The number of carbonyl (C=O) groups is 2. The first kappa shape index (κ1) is 15.3. The molecule has 19 heavy (non-hydrogen) atoms. The molecule has 0 aromatic heterocycles. The van der Waals surface area contributed by atoms with Gasteiger partial charge in [0, 0.05) is 18.9 Å². The van der Waals surface area contributed by atoms with Gasteiger partial charge in [-0.1, -0.05) is 30.7 Å². The van der Waals surface area contributed by atoms with Crippen molar-refractivity contribution in [3.63, 3.8) is 0 Å². The monoisotopic (exact) mass is 267 g/mol. The smallest absolute Gasteiger partial charge is 0.407 e. The molecule has 0 bridgehead atoms. The maximum absolute atomic E-state index is 11.4. The molecule has 0 aromatic carbocycles. The highest BCUT2D eigenvalue weighted by atomic mass is 16.5. The van der Waals surface area contributed by atoms with Crippen molar-refractivity contribution in [3.8, 4) is 0 Å². The van der Waals surface area contributed by atoms with Gasteiger partial charge in [-0.2, -0.15) is 0 Å². The zero-order valence-electron chi connectivity index (χ0n) is 11.0. The van der Waals surface area contributed by atoms with Crippen LogP contribution in [0.1, 0.15) is 32.1 Å². The number of alkyl carbamates (subject to hydrolysis) is 1. The average molecular weight is 267 g/mol. The van der Waals surface area contributed by atoms with E-state index >= 15 is 0 Å². The quantitative estimate of drug-likeness (QED) is 0.662. The number of carbonyl (C=O) groups excluding carboxylic acids is 1. The van der Waals surface area contributed by atoms with Crippen molar-refractivity contribution in [3.05, 3.63) is 24.3 Å². The predicted molar refractivity (Wildman–Crippen MR) is 71.8 cm³/mol. The Kier molecular flexibility index (Phi) is 7.39. The maximum atomic E-state index is 11.4. The van der Waals surface area contributed by atoms with Crippen LogP contribution in [-0.2, 0) is 9.53 Å². The second-order valence-electron chi connectivity index (χ2n) is 4.54. The number of aliphatic carboxylic acids is 1. The summed E-state index contributed by atoms with van der Waals surface area (Å²) in [5, 5.41) is 11.1. The van der Waals surface area contributed by atoms with E-state index < -0.39 is 12.1 Å². The topological polar surface area (TPSA) is 75.6 Å². The summed E-state index contributed by atoms with van der Waals surface area (Å²) in [6, 6.07) is 0. The fourth-order valence-electron chi connectivity index (χ4n) is 1.76. The molecule has 5 heteroatoms. The van der Waals surface area contributed by atoms with Crippen molar-refractivity contribution in [2.75, 3.05) is 13.2 Å². The van der Waals surface area contributed by atoms with Gasteiger partial charge in [0.1, 0.15) is 0 Å². The van der Waals surface area contributed by atoms with Crippen LogP contribution < -0.4 is 5.32 Å². The molecular weight excluding hydrogens is 246 g/mol. The van der Waals surface area contributed by atoms with Crippen molar-refractivity contribution >= 4 is 12.1 Å². The molecule has 1 rings (SSSR count). The minimum Gasteiger partial charge on any atom is -0.481 e. The molecule has 0 aliphatic heterocycles. The molecule has 0 heterocycles. The highest BCUT2D eigenvalue weighted by Gasteiger charge is 2.08. The number of unbranched alkanes of at least 4 members (excludes halogenated alkanes) is 2. The van der Waals surface area contributed by atoms with Crippen molar-refractivity contribution in [1.82, 2.24) is 5.32 Å². The minimum absolute atomic E-state index is 0.186. The van der Waals surface area contributed by atoms with Gasteiger partial charge in [-0.25, -0.2) is 4.79 Å². The maximum Gasteiger partial charge on any atom is 0.407 e. The van der Waals surface area contributed by atoms with Gasteiger partial charge in [-0.3, -0.25) is 4.79 Å². The first-order valence-electron chi connectivity index (χ1n) is 6.64. The van der Waals surface area contributed by atoms with Gasteiger partial charge < -0.3 is 15.2 Å². The summed E-state index contributed by atoms with van der Waals surface area (Å²) in [7, 11) is 0. The minimum atomic E-state index is -0.776. The number of carboxylic acids is 1. The average Bonchev–Trinajstić information content (AvgIpc) is 2.41. The second kappa shape index (κ2) is 9.19. The predicted octanol–water partition coefficient (Wildman–Crippen LogP) is 2.49. The standard InChI is InChI=1S/C14H21NO4/c16-13(17)9-5-2-6-10-15-14(18)19-11-12-7-3-1-4-8-12/h1,3-4,7,12H,2,5-6,8-11H2,(H,15,18)(H,16,17). The first-order valence-corrected chi connectivity index (χ1v) is 6.64. The van der Waals surface area contributed by atoms with Crippen molar-refractivity contribution in [2.45, 2.75) is 32.1 Å². The molecule has 0 aromatic rings. The van der Waals surface area contributed by atoms with Gasteiger partial charge >= 0.3 is 12.1 Å². The lowest BCUT2D eigenvalue weighted by Gasteiger charge is -2.13. The largest absolute Gasteiger partial charge is 0.481 e. The normalized spacial score (nSPS) is 17.2. The molecule has 2 N–H and O–H groups in total. The van der Waals surface area contributed by atoms with Crippen LogP contribution in [0.3, 0.4) is 0 Å². The van der Waals surface area contributed by atoms with Crippen LogP contribution in [0.15, 0.2) is 24.3 Å². The van der Waals surface area contributed by atoms with Crippen LogP contribution in [0.25, 0.3) is 0 Å². The number of hydrogen-bond donors (Lipinski definition) is 2. The molecule has 1 amide bonds. The zero-order chi connectivity index (χ0) is 13.9. The van der Waals surface area contributed by atoms with E-state index in [0.717, 1.165) is 19.3 Å². The van der Waals surface area contributed by atoms with Crippen LogP contribution in [0.4, 0.5) is 4.79 Å². The Morgan fingerprint density at radius 2 is 2.11 bits per heavy atom. The Labute approximate surface area is 113 Å². The van der Waals surface area contributed by atoms with E-state index in [1.165, 1.54) is 0 Å². The number of ether oxygens (including phenoxy) is 1. The number of allylic oxidation sites excluding steroid dienone is 3. The Hall–Kier alpha value is -1.78. The Morgan fingerprint density at radius 1 is 1.26 bits per heavy atom. The fourth-order valence-corrected chi connectivity index (χ4v) is 1.76. The van der Waals surface area contributed by atoms with E-state index in [1.807, 2.05) is 24.3 Å². The molecule has 0 spiro atoms. The molecule has 5 nitrogen and oxygen atoms in total. The highest BCUT2D eigenvalue weighted by Crippen LogP contribution is 2.11. The van der Waals surface area contributed by atoms with Gasteiger partial charge in [-0.15, -0.1) is 0 Å². The molecule has 1 atom stereocenters. The van der Waals surface area contributed by atoms with Gasteiger partial charge in [0.2, 0.25) is 0 Å². The summed E-state index contributed by atoms with van der Waals surface area (Å²) in [6.45, 7) is 0.921. The van der Waals surface area contributed by atoms with Gasteiger partial charge in [0.15, 0.2) is 0 Å². The molecule has 0 saturated heterocycles. The lowest BCUT2D eigenvalue weighted by molar-refractivity contribution is -0.137. The van der Waals surface area contributed by atoms with Gasteiger partial charge in [-0.05, 0) is 19.3 Å². The fraction of sp³-hybridized carbons (Fsp3) is 0.571. The zero-order valence-corrected chi connectivity index (χ0v) is 11.0. The van der Waals surface area contributed by atoms with E-state index in [9.17, 15) is 9.59 Å². The third-order valence-electron chi connectivity index (χ3n) is 2.83. The molecule has 1 aliphatic carbocycles. The summed E-state index contributed by atoms with van der Waals surface area (Å²) in [4.78, 5) is 21.6. The molecule has 1 unspecified atom stereocenters. The lowest BCUT2D eigenvalue weighted by atomic mass is 10.0. The van der Waals surface area contributed by atoms with E-state index in [1.54, 1.807) is 0 Å². The lowest BCUT2D eigenvalue weighted by Crippen LogP contribution is -2.27. The third kappa shape index (κ3) is 8.02. The molecule has 1 aliphatic rings. The van der Waals surface area contributed by atoms with Gasteiger partial charge in [0.05, 0.1) is 6.61 Å². The highest BCUT2D eigenvalue weighted by molar-refractivity contribution is 5.67. The second-order valence-corrected chi connectivity index (χ2v) is 4.54. The number of carboxylic acid groups (broad SMARTS) is 1. The van der Waals surface area contributed by atoms with E-state index in [4.69, 9.17) is 9.84 Å². The summed E-state index contributed by atoms with van der Waals surface area (Å²) >= 11 is 0. The van der Waals surface area contributed by atoms with Crippen LogP contribution in [-0.4, -0.2) is 30.3 Å². The van der Waals surface area contributed by atoms with Crippen molar-refractivity contribution in [1.29, 1.82) is 0 Å². The van der Waals surface area contributed by atoms with Crippen LogP contribution >= 0.6 is 0 Å². The number of amides is 1. The number of hydrogen-bond acceptors (Lipinski definition) is 3. The molecule has 0 saturated carbocycles. The van der Waals surface area contributed by atoms with Crippen molar-refractivity contribution < 1.29 is 19.4 Å².